The van der Waals surface area contributed by atoms with Gasteiger partial charge in [-0.1, -0.05) is 41.9 Å². The van der Waals surface area contributed by atoms with Crippen LogP contribution in [0.1, 0.15) is 17.5 Å². The number of aromatic nitrogens is 2. The van der Waals surface area contributed by atoms with Gasteiger partial charge in [0.15, 0.2) is 0 Å². The maximum absolute atomic E-state index is 12.9. The molecule has 0 spiro atoms. The number of carbonyl (C=O) groups excluding carboxylic acids is 1. The first-order valence-corrected chi connectivity index (χ1v) is 10.4. The monoisotopic (exact) mass is 464 g/mol. The van der Waals surface area contributed by atoms with Crippen LogP contribution < -0.4 is 20.1 Å². The van der Waals surface area contributed by atoms with Gasteiger partial charge in [0.05, 0.1) is 14.2 Å². The second-order valence-electron chi connectivity index (χ2n) is 7.00. The van der Waals surface area contributed by atoms with Crippen molar-refractivity contribution in [3.63, 3.8) is 0 Å². The van der Waals surface area contributed by atoms with E-state index in [0.717, 1.165) is 11.1 Å². The van der Waals surface area contributed by atoms with Crippen LogP contribution in [0, 0.1) is 0 Å². The summed E-state index contributed by atoms with van der Waals surface area (Å²) < 4.78 is 16.4. The molecule has 168 valence electrons. The van der Waals surface area contributed by atoms with Gasteiger partial charge in [-0.25, -0.2) is 4.79 Å². The third-order valence-electron chi connectivity index (χ3n) is 4.80. The highest BCUT2D eigenvalue weighted by molar-refractivity contribution is 6.30. The summed E-state index contributed by atoms with van der Waals surface area (Å²) in [5, 5.41) is 14.6. The molecule has 4 aromatic rings. The number of benzene rings is 3. The van der Waals surface area contributed by atoms with Crippen molar-refractivity contribution in [3.8, 4) is 23.0 Å². The fourth-order valence-corrected chi connectivity index (χ4v) is 3.30. The van der Waals surface area contributed by atoms with Gasteiger partial charge in [0, 0.05) is 34.5 Å². The molecular weight excluding hydrogens is 444 g/mol. The van der Waals surface area contributed by atoms with E-state index in [-0.39, 0.29) is 5.89 Å². The number of halogens is 1. The van der Waals surface area contributed by atoms with Crippen LogP contribution in [0.5, 0.6) is 11.5 Å². The number of urea groups is 1. The highest BCUT2D eigenvalue weighted by Gasteiger charge is 2.24. The summed E-state index contributed by atoms with van der Waals surface area (Å²) in [5.74, 6) is 1.67. The Labute approximate surface area is 195 Å². The van der Waals surface area contributed by atoms with Gasteiger partial charge in [0.1, 0.15) is 17.5 Å². The molecule has 0 unspecified atom stereocenters. The van der Waals surface area contributed by atoms with Crippen LogP contribution in [-0.2, 0) is 0 Å². The zero-order valence-corrected chi connectivity index (χ0v) is 18.7. The number of rotatable bonds is 7. The molecule has 2 N–H and O–H groups in total. The number of carbonyl (C=O) groups is 1. The average Bonchev–Trinajstić information content (AvgIpc) is 3.33. The molecule has 0 saturated heterocycles. The van der Waals surface area contributed by atoms with Crippen molar-refractivity contribution in [3.05, 3.63) is 89.3 Å². The summed E-state index contributed by atoms with van der Waals surface area (Å²) in [7, 11) is 3.07. The lowest BCUT2D eigenvalue weighted by molar-refractivity contribution is 0.248. The molecule has 0 aliphatic heterocycles. The van der Waals surface area contributed by atoms with E-state index < -0.39 is 12.1 Å². The van der Waals surface area contributed by atoms with E-state index in [2.05, 4.69) is 20.8 Å². The average molecular weight is 465 g/mol. The van der Waals surface area contributed by atoms with Gasteiger partial charge >= 0.3 is 6.03 Å². The Morgan fingerprint density at radius 2 is 1.61 bits per heavy atom. The molecule has 8 nitrogen and oxygen atoms in total. The molecule has 9 heteroatoms. The van der Waals surface area contributed by atoms with E-state index in [4.69, 9.17) is 25.5 Å². The van der Waals surface area contributed by atoms with Crippen molar-refractivity contribution < 1.29 is 18.7 Å². The third kappa shape index (κ3) is 5.42. The van der Waals surface area contributed by atoms with Gasteiger partial charge in [-0.2, -0.15) is 0 Å². The second kappa shape index (κ2) is 10.1. The Balaban J connectivity index is 1.60. The molecule has 0 bridgehead atoms. The lowest BCUT2D eigenvalue weighted by atomic mass is 10.1. The van der Waals surface area contributed by atoms with Crippen LogP contribution in [0.15, 0.2) is 77.2 Å². The summed E-state index contributed by atoms with van der Waals surface area (Å²) in [6.07, 6.45) is 0. The van der Waals surface area contributed by atoms with Gasteiger partial charge in [0.2, 0.25) is 11.8 Å². The predicted molar refractivity (Wildman–Crippen MR) is 125 cm³/mol. The molecule has 3 aromatic carbocycles. The fourth-order valence-electron chi connectivity index (χ4n) is 3.17. The van der Waals surface area contributed by atoms with E-state index in [1.54, 1.807) is 42.5 Å². The predicted octanol–water partition coefficient (Wildman–Crippen LogP) is 5.32. The van der Waals surface area contributed by atoms with Gasteiger partial charge in [-0.3, -0.25) is 0 Å². The van der Waals surface area contributed by atoms with Crippen LogP contribution in [0.2, 0.25) is 5.02 Å². The molecule has 33 heavy (non-hydrogen) atoms. The number of methoxy groups -OCH3 is 2. The van der Waals surface area contributed by atoms with Gasteiger partial charge in [-0.05, 0) is 29.8 Å². The number of nitrogens with zero attached hydrogens (tertiary/aromatic N) is 2. The van der Waals surface area contributed by atoms with Gasteiger partial charge in [-0.15, -0.1) is 10.2 Å². The minimum Gasteiger partial charge on any atom is -0.497 e. The van der Waals surface area contributed by atoms with Crippen LogP contribution in [0.3, 0.4) is 0 Å². The highest BCUT2D eigenvalue weighted by Crippen LogP contribution is 2.28. The lowest BCUT2D eigenvalue weighted by Gasteiger charge is -2.17. The maximum atomic E-state index is 12.9. The van der Waals surface area contributed by atoms with Crippen LogP contribution >= 0.6 is 11.6 Å². The molecule has 2 amide bonds. The molecule has 0 fully saturated rings. The van der Waals surface area contributed by atoms with Crippen molar-refractivity contribution >= 4 is 23.3 Å². The maximum Gasteiger partial charge on any atom is 0.320 e. The zero-order valence-electron chi connectivity index (χ0n) is 17.9. The van der Waals surface area contributed by atoms with Crippen LogP contribution in [0.25, 0.3) is 11.5 Å². The fraction of sp³-hybridized carbons (Fsp3) is 0.125. The first-order valence-electron chi connectivity index (χ1n) is 10.0. The van der Waals surface area contributed by atoms with E-state index in [9.17, 15) is 4.79 Å². The molecule has 0 radical (unpaired) electrons. The Kier molecular flexibility index (Phi) is 6.75. The van der Waals surface area contributed by atoms with Gasteiger partial charge < -0.3 is 24.5 Å². The van der Waals surface area contributed by atoms with Crippen molar-refractivity contribution in [2.75, 3.05) is 19.5 Å². The summed E-state index contributed by atoms with van der Waals surface area (Å²) in [4.78, 5) is 12.9. The van der Waals surface area contributed by atoms with E-state index in [1.165, 1.54) is 14.2 Å². The van der Waals surface area contributed by atoms with Crippen molar-refractivity contribution in [2.24, 2.45) is 0 Å². The topological polar surface area (TPSA) is 98.5 Å². The number of amides is 2. The summed E-state index contributed by atoms with van der Waals surface area (Å²) >= 11 is 6.04. The molecule has 0 saturated carbocycles. The highest BCUT2D eigenvalue weighted by atomic mass is 35.5. The van der Waals surface area contributed by atoms with Crippen LogP contribution in [0.4, 0.5) is 10.5 Å². The minimum atomic E-state index is -0.709. The number of nitrogens with one attached hydrogen (secondary N) is 2. The largest absolute Gasteiger partial charge is 0.497 e. The number of hydrogen-bond acceptors (Lipinski definition) is 6. The Hall–Kier alpha value is -4.04. The number of anilines is 1. The number of hydrogen-bond donors (Lipinski definition) is 2. The Bertz CT molecular complexity index is 1210. The van der Waals surface area contributed by atoms with Crippen molar-refractivity contribution in [2.45, 2.75) is 6.04 Å². The molecule has 0 aliphatic carbocycles. The summed E-state index contributed by atoms with van der Waals surface area (Å²) in [6.45, 7) is 0. The van der Waals surface area contributed by atoms with Crippen LogP contribution in [-0.4, -0.2) is 30.4 Å². The van der Waals surface area contributed by atoms with Crippen molar-refractivity contribution in [1.29, 1.82) is 0 Å². The Morgan fingerprint density at radius 3 is 2.24 bits per heavy atom. The smallest absolute Gasteiger partial charge is 0.320 e. The summed E-state index contributed by atoms with van der Waals surface area (Å²) in [5.41, 5.74) is 1.99. The van der Waals surface area contributed by atoms with Gasteiger partial charge in [0.25, 0.3) is 0 Å². The quantitative estimate of drug-likeness (QED) is 0.384. The molecular formula is C24H21ClN4O4. The van der Waals surface area contributed by atoms with Crippen molar-refractivity contribution in [1.82, 2.24) is 15.5 Å². The molecule has 1 atom stereocenters. The van der Waals surface area contributed by atoms with E-state index >= 15 is 0 Å². The molecule has 0 aliphatic rings. The zero-order chi connectivity index (χ0) is 23.2. The lowest BCUT2D eigenvalue weighted by Crippen LogP contribution is -2.33. The second-order valence-corrected chi connectivity index (χ2v) is 7.43. The SMILES string of the molecule is COc1cc(NC(=O)N[C@H](c2ccc(Cl)cc2)c2nnc(-c3ccccc3)o2)cc(OC)c1. The molecule has 1 heterocycles. The first kappa shape index (κ1) is 22.2. The third-order valence-corrected chi connectivity index (χ3v) is 5.05. The normalized spacial score (nSPS) is 11.5. The molecule has 4 rings (SSSR count). The van der Waals surface area contributed by atoms with E-state index in [1.807, 2.05) is 30.3 Å². The molecule has 1 aromatic heterocycles. The minimum absolute atomic E-state index is 0.231. The van der Waals surface area contributed by atoms with E-state index in [0.29, 0.717) is 28.1 Å². The Morgan fingerprint density at radius 1 is 0.939 bits per heavy atom. The number of ether oxygens (including phenoxy) is 2. The standard InChI is InChI=1S/C24H21ClN4O4/c1-31-19-12-18(13-20(14-19)32-2)26-24(30)27-21(15-8-10-17(25)11-9-15)23-29-28-22(33-23)16-6-4-3-5-7-16/h3-14,21H,1-2H3,(H2,26,27,30)/t21-/m1/s1. The summed E-state index contributed by atoms with van der Waals surface area (Å²) in [6, 6.07) is 20.3. The first-order chi connectivity index (χ1) is 16.1.